The molecule has 0 bridgehead atoms. The normalized spacial score (nSPS) is 11.9. The number of rotatable bonds is 8. The van der Waals surface area contributed by atoms with Crippen LogP contribution in [0.25, 0.3) is 11.0 Å². The molecule has 0 spiro atoms. The SMILES string of the molecule is C=CCc1c2c(cc3c(=O)cc(OC(=O)OCC)oc13)Cc1ccc(OCC(=O)OCC)cc1CO2. The van der Waals surface area contributed by atoms with Gasteiger partial charge in [-0.1, -0.05) is 12.1 Å². The number of allylic oxidation sites excluding steroid dienone is 1. The Labute approximate surface area is 207 Å². The largest absolute Gasteiger partial charge is 0.516 e. The fourth-order valence-corrected chi connectivity index (χ4v) is 4.00. The molecular formula is C27H26O9. The fraction of sp³-hybridized carbons (Fsp3) is 0.296. The maximum absolute atomic E-state index is 12.9. The summed E-state index contributed by atoms with van der Waals surface area (Å²) in [6, 6.07) is 8.36. The smallest absolute Gasteiger partial charge is 0.488 e. The number of ether oxygens (including phenoxy) is 5. The fourth-order valence-electron chi connectivity index (χ4n) is 4.00. The van der Waals surface area contributed by atoms with Gasteiger partial charge < -0.3 is 28.1 Å². The van der Waals surface area contributed by atoms with Gasteiger partial charge in [-0.2, -0.15) is 0 Å². The molecule has 1 aromatic heterocycles. The summed E-state index contributed by atoms with van der Waals surface area (Å²) in [7, 11) is 0. The van der Waals surface area contributed by atoms with Crippen LogP contribution < -0.4 is 19.6 Å². The first-order chi connectivity index (χ1) is 17.4. The van der Waals surface area contributed by atoms with Crippen molar-refractivity contribution in [2.75, 3.05) is 19.8 Å². The molecule has 0 aliphatic carbocycles. The Morgan fingerprint density at radius 3 is 2.61 bits per heavy atom. The molecule has 9 nitrogen and oxygen atoms in total. The second-order valence-corrected chi connectivity index (χ2v) is 7.92. The Kier molecular flexibility index (Phi) is 7.58. The van der Waals surface area contributed by atoms with Crippen LogP contribution in [-0.2, 0) is 33.7 Å². The van der Waals surface area contributed by atoms with Crippen molar-refractivity contribution in [3.05, 3.63) is 75.5 Å². The third-order valence-corrected chi connectivity index (χ3v) is 5.51. The van der Waals surface area contributed by atoms with Gasteiger partial charge in [0.05, 0.1) is 24.7 Å². The van der Waals surface area contributed by atoms with Crippen LogP contribution in [0.15, 0.2) is 52.2 Å². The summed E-state index contributed by atoms with van der Waals surface area (Å²) in [5, 5.41) is 0.336. The van der Waals surface area contributed by atoms with Crippen LogP contribution in [0.4, 0.5) is 4.79 Å². The Hall–Kier alpha value is -4.27. The van der Waals surface area contributed by atoms with Crippen LogP contribution in [0.3, 0.4) is 0 Å². The molecule has 0 unspecified atom stereocenters. The standard InChI is InChI=1S/C27H26O9/c1-4-7-20-25-17(12-21-22(28)13-24(35-26(20)21)36-27(30)32-6-3)10-16-8-9-19(11-18(16)14-34-25)33-15-23(29)31-5-2/h4,8-9,11-13H,1,5-7,10,14-15H2,2-3H3. The van der Waals surface area contributed by atoms with E-state index in [1.807, 2.05) is 12.1 Å². The van der Waals surface area contributed by atoms with E-state index in [0.29, 0.717) is 35.3 Å². The zero-order valence-corrected chi connectivity index (χ0v) is 20.1. The van der Waals surface area contributed by atoms with Gasteiger partial charge in [0, 0.05) is 12.0 Å². The lowest BCUT2D eigenvalue weighted by Crippen LogP contribution is -2.14. The molecule has 4 rings (SSSR count). The number of hydrogen-bond acceptors (Lipinski definition) is 9. The molecule has 0 N–H and O–H groups in total. The van der Waals surface area contributed by atoms with Gasteiger partial charge in [-0.05, 0) is 55.2 Å². The van der Waals surface area contributed by atoms with Crippen molar-refractivity contribution in [1.82, 2.24) is 0 Å². The van der Waals surface area contributed by atoms with Crippen molar-refractivity contribution in [3.63, 3.8) is 0 Å². The molecule has 0 saturated heterocycles. The minimum Gasteiger partial charge on any atom is -0.488 e. The summed E-state index contributed by atoms with van der Waals surface area (Å²) in [4.78, 5) is 36.3. The molecule has 0 atom stereocenters. The van der Waals surface area contributed by atoms with Gasteiger partial charge in [0.15, 0.2) is 12.0 Å². The van der Waals surface area contributed by atoms with E-state index in [0.717, 1.165) is 22.8 Å². The minimum absolute atomic E-state index is 0.121. The van der Waals surface area contributed by atoms with Crippen LogP contribution in [0, 0.1) is 0 Å². The maximum Gasteiger partial charge on any atom is 0.516 e. The number of carbonyl (C=O) groups excluding carboxylic acids is 2. The molecule has 3 aromatic rings. The van der Waals surface area contributed by atoms with Gasteiger partial charge in [0.2, 0.25) is 0 Å². The Bertz CT molecular complexity index is 1370. The van der Waals surface area contributed by atoms with Crippen LogP contribution in [0.5, 0.6) is 17.4 Å². The molecule has 9 heteroatoms. The zero-order chi connectivity index (χ0) is 25.7. The Balaban J connectivity index is 1.70. The quantitative estimate of drug-likeness (QED) is 0.330. The van der Waals surface area contributed by atoms with Gasteiger partial charge >= 0.3 is 12.1 Å². The van der Waals surface area contributed by atoms with Gasteiger partial charge in [0.1, 0.15) is 23.7 Å². The molecular weight excluding hydrogens is 468 g/mol. The van der Waals surface area contributed by atoms with E-state index in [2.05, 4.69) is 6.58 Å². The molecule has 0 fully saturated rings. The predicted octanol–water partition coefficient (Wildman–Crippen LogP) is 4.48. The Morgan fingerprint density at radius 1 is 1.06 bits per heavy atom. The lowest BCUT2D eigenvalue weighted by atomic mass is 9.96. The summed E-state index contributed by atoms with van der Waals surface area (Å²) >= 11 is 0. The van der Waals surface area contributed by atoms with Gasteiger partial charge in [0.25, 0.3) is 5.95 Å². The van der Waals surface area contributed by atoms with Crippen LogP contribution in [0.2, 0.25) is 0 Å². The van der Waals surface area contributed by atoms with Crippen molar-refractivity contribution in [2.24, 2.45) is 0 Å². The van der Waals surface area contributed by atoms with Crippen molar-refractivity contribution < 1.29 is 37.7 Å². The van der Waals surface area contributed by atoms with Gasteiger partial charge in [-0.3, -0.25) is 4.79 Å². The lowest BCUT2D eigenvalue weighted by Gasteiger charge is -2.15. The van der Waals surface area contributed by atoms with Crippen molar-refractivity contribution in [1.29, 1.82) is 0 Å². The van der Waals surface area contributed by atoms with Gasteiger partial charge in [-0.25, -0.2) is 9.59 Å². The van der Waals surface area contributed by atoms with E-state index in [9.17, 15) is 14.4 Å². The summed E-state index contributed by atoms with van der Waals surface area (Å²) in [6.45, 7) is 7.64. The second-order valence-electron chi connectivity index (χ2n) is 7.92. The molecule has 2 heterocycles. The third kappa shape index (κ3) is 5.35. The Morgan fingerprint density at radius 2 is 1.86 bits per heavy atom. The number of fused-ring (bicyclic) bond motifs is 3. The molecule has 1 aliphatic rings. The average Bonchev–Trinajstić information content (AvgIpc) is 3.02. The summed E-state index contributed by atoms with van der Waals surface area (Å²) in [5.41, 5.74) is 3.19. The maximum atomic E-state index is 12.9. The highest BCUT2D eigenvalue weighted by Crippen LogP contribution is 2.38. The summed E-state index contributed by atoms with van der Waals surface area (Å²) in [6.07, 6.45) is 1.57. The van der Waals surface area contributed by atoms with Crippen LogP contribution >= 0.6 is 0 Å². The number of carbonyl (C=O) groups is 2. The topological polar surface area (TPSA) is 111 Å². The minimum atomic E-state index is -0.965. The highest BCUT2D eigenvalue weighted by molar-refractivity contribution is 5.85. The van der Waals surface area contributed by atoms with E-state index >= 15 is 0 Å². The van der Waals surface area contributed by atoms with Crippen LogP contribution in [-0.4, -0.2) is 31.9 Å². The molecule has 36 heavy (non-hydrogen) atoms. The lowest BCUT2D eigenvalue weighted by molar-refractivity contribution is -0.145. The highest BCUT2D eigenvalue weighted by Gasteiger charge is 2.23. The monoisotopic (exact) mass is 494 g/mol. The van der Waals surface area contributed by atoms with E-state index < -0.39 is 12.1 Å². The number of esters is 1. The van der Waals surface area contributed by atoms with E-state index in [4.69, 9.17) is 28.1 Å². The van der Waals surface area contributed by atoms with Crippen molar-refractivity contribution >= 4 is 23.1 Å². The first-order valence-corrected chi connectivity index (χ1v) is 11.5. The zero-order valence-electron chi connectivity index (χ0n) is 20.1. The molecule has 0 amide bonds. The third-order valence-electron chi connectivity index (χ3n) is 5.51. The van der Waals surface area contributed by atoms with E-state index in [1.54, 1.807) is 32.1 Å². The first kappa shape index (κ1) is 24.8. The van der Waals surface area contributed by atoms with E-state index in [-0.39, 0.29) is 43.4 Å². The predicted molar refractivity (Wildman–Crippen MR) is 130 cm³/mol. The average molecular weight is 494 g/mol. The molecule has 0 saturated carbocycles. The summed E-state index contributed by atoms with van der Waals surface area (Å²) in [5.74, 6) is 0.381. The molecule has 2 aromatic carbocycles. The highest BCUT2D eigenvalue weighted by atomic mass is 16.8. The summed E-state index contributed by atoms with van der Waals surface area (Å²) < 4.78 is 32.2. The van der Waals surface area contributed by atoms with Crippen molar-refractivity contribution in [3.8, 4) is 17.4 Å². The molecule has 188 valence electrons. The molecule has 1 aliphatic heterocycles. The number of benzene rings is 2. The second kappa shape index (κ2) is 11.0. The van der Waals surface area contributed by atoms with Crippen molar-refractivity contribution in [2.45, 2.75) is 33.3 Å². The van der Waals surface area contributed by atoms with Crippen LogP contribution in [0.1, 0.15) is 36.1 Å². The van der Waals surface area contributed by atoms with Gasteiger partial charge in [-0.15, -0.1) is 6.58 Å². The van der Waals surface area contributed by atoms with E-state index in [1.165, 1.54) is 0 Å². The first-order valence-electron chi connectivity index (χ1n) is 11.5. The molecule has 0 radical (unpaired) electrons. The number of hydrogen-bond donors (Lipinski definition) is 0.